The van der Waals surface area contributed by atoms with Crippen molar-refractivity contribution in [3.05, 3.63) is 58.0 Å². The molecule has 2 rings (SSSR count). The fourth-order valence-electron chi connectivity index (χ4n) is 1.96. The lowest BCUT2D eigenvalue weighted by Gasteiger charge is -2.15. The molecule has 0 saturated heterocycles. The SMILES string of the molecule is Cc1ccc(CC(NN)c2coc(C)c2)c(Cl)c1. The minimum absolute atomic E-state index is 0.00246. The van der Waals surface area contributed by atoms with Crippen LogP contribution in [0.15, 0.2) is 34.9 Å². The summed E-state index contributed by atoms with van der Waals surface area (Å²) in [7, 11) is 0. The lowest BCUT2D eigenvalue weighted by atomic mass is 10.0. The smallest absolute Gasteiger partial charge is 0.101 e. The third-order valence-electron chi connectivity index (χ3n) is 2.99. The summed E-state index contributed by atoms with van der Waals surface area (Å²) < 4.78 is 5.31. The number of furan rings is 1. The van der Waals surface area contributed by atoms with Gasteiger partial charge >= 0.3 is 0 Å². The topological polar surface area (TPSA) is 51.2 Å². The summed E-state index contributed by atoms with van der Waals surface area (Å²) in [5.41, 5.74) is 6.06. The fraction of sp³-hybridized carbons (Fsp3) is 0.286. The highest BCUT2D eigenvalue weighted by Gasteiger charge is 2.14. The van der Waals surface area contributed by atoms with Crippen LogP contribution in [0.1, 0.15) is 28.5 Å². The van der Waals surface area contributed by atoms with Gasteiger partial charge < -0.3 is 4.42 Å². The number of hydrogen-bond acceptors (Lipinski definition) is 3. The molecule has 3 N–H and O–H groups in total. The zero-order valence-electron chi connectivity index (χ0n) is 10.5. The average molecular weight is 265 g/mol. The average Bonchev–Trinajstić information content (AvgIpc) is 2.75. The molecule has 1 atom stereocenters. The maximum Gasteiger partial charge on any atom is 0.101 e. The number of hydrogen-bond donors (Lipinski definition) is 2. The van der Waals surface area contributed by atoms with Crippen LogP contribution < -0.4 is 11.3 Å². The molecule has 0 spiro atoms. The number of benzene rings is 1. The van der Waals surface area contributed by atoms with Crippen molar-refractivity contribution in [3.8, 4) is 0 Å². The first-order chi connectivity index (χ1) is 8.60. The van der Waals surface area contributed by atoms with E-state index < -0.39 is 0 Å². The fourth-order valence-corrected chi connectivity index (χ4v) is 2.27. The predicted octanol–water partition coefficient (Wildman–Crippen LogP) is 3.30. The van der Waals surface area contributed by atoms with Gasteiger partial charge in [0.25, 0.3) is 0 Å². The Morgan fingerprint density at radius 1 is 1.33 bits per heavy atom. The van der Waals surface area contributed by atoms with Gasteiger partial charge in [0.05, 0.1) is 12.3 Å². The van der Waals surface area contributed by atoms with E-state index >= 15 is 0 Å². The van der Waals surface area contributed by atoms with Gasteiger partial charge in [0.15, 0.2) is 0 Å². The number of halogens is 1. The second kappa shape index (κ2) is 5.57. The summed E-state index contributed by atoms with van der Waals surface area (Å²) in [6, 6.07) is 8.03. The molecule has 96 valence electrons. The Morgan fingerprint density at radius 3 is 2.67 bits per heavy atom. The van der Waals surface area contributed by atoms with Crippen LogP contribution >= 0.6 is 11.6 Å². The van der Waals surface area contributed by atoms with Crippen molar-refractivity contribution in [2.45, 2.75) is 26.3 Å². The second-order valence-corrected chi connectivity index (χ2v) is 4.92. The van der Waals surface area contributed by atoms with Crippen molar-refractivity contribution in [1.82, 2.24) is 5.43 Å². The first-order valence-electron chi connectivity index (χ1n) is 5.86. The maximum atomic E-state index is 6.23. The van der Waals surface area contributed by atoms with Crippen LogP contribution in [-0.2, 0) is 6.42 Å². The largest absolute Gasteiger partial charge is 0.469 e. The Balaban J connectivity index is 2.20. The minimum atomic E-state index is 0.00246. The number of nitrogens with one attached hydrogen (secondary N) is 1. The first-order valence-corrected chi connectivity index (χ1v) is 6.24. The molecule has 1 aromatic carbocycles. The highest BCUT2D eigenvalue weighted by atomic mass is 35.5. The van der Waals surface area contributed by atoms with Gasteiger partial charge in [-0.2, -0.15) is 0 Å². The van der Waals surface area contributed by atoms with Crippen molar-refractivity contribution in [3.63, 3.8) is 0 Å². The van der Waals surface area contributed by atoms with Gasteiger partial charge in [-0.05, 0) is 43.5 Å². The van der Waals surface area contributed by atoms with E-state index in [1.165, 1.54) is 0 Å². The van der Waals surface area contributed by atoms with E-state index in [0.29, 0.717) is 0 Å². The van der Waals surface area contributed by atoms with E-state index in [4.69, 9.17) is 21.9 Å². The van der Waals surface area contributed by atoms with Crippen LogP contribution in [0.25, 0.3) is 0 Å². The molecule has 18 heavy (non-hydrogen) atoms. The highest BCUT2D eigenvalue weighted by molar-refractivity contribution is 6.31. The molecule has 1 heterocycles. The van der Waals surface area contributed by atoms with Gasteiger partial charge in [0, 0.05) is 10.6 Å². The van der Waals surface area contributed by atoms with Crippen molar-refractivity contribution in [1.29, 1.82) is 0 Å². The van der Waals surface area contributed by atoms with Crippen LogP contribution in [0.3, 0.4) is 0 Å². The van der Waals surface area contributed by atoms with Crippen LogP contribution in [0.4, 0.5) is 0 Å². The molecule has 0 saturated carbocycles. The van der Waals surface area contributed by atoms with Crippen molar-refractivity contribution in [2.24, 2.45) is 5.84 Å². The molecule has 0 radical (unpaired) electrons. The predicted molar refractivity (Wildman–Crippen MR) is 73.4 cm³/mol. The van der Waals surface area contributed by atoms with Gasteiger partial charge in [0.1, 0.15) is 5.76 Å². The number of rotatable bonds is 4. The van der Waals surface area contributed by atoms with Crippen LogP contribution in [0.5, 0.6) is 0 Å². The molecular weight excluding hydrogens is 248 g/mol. The summed E-state index contributed by atoms with van der Waals surface area (Å²) in [5.74, 6) is 6.48. The third-order valence-corrected chi connectivity index (χ3v) is 3.34. The summed E-state index contributed by atoms with van der Waals surface area (Å²) in [4.78, 5) is 0. The number of nitrogens with two attached hydrogens (primary N) is 1. The monoisotopic (exact) mass is 264 g/mol. The summed E-state index contributed by atoms with van der Waals surface area (Å²) in [5, 5.41) is 0.774. The molecule has 4 heteroatoms. The molecular formula is C14H17ClN2O. The zero-order chi connectivity index (χ0) is 13.1. The number of hydrazine groups is 1. The van der Waals surface area contributed by atoms with Gasteiger partial charge in [-0.15, -0.1) is 0 Å². The Morgan fingerprint density at radius 2 is 2.11 bits per heavy atom. The molecule has 2 aromatic rings. The lowest BCUT2D eigenvalue weighted by molar-refractivity contribution is 0.511. The molecule has 0 amide bonds. The molecule has 3 nitrogen and oxygen atoms in total. The molecule has 0 fully saturated rings. The van der Waals surface area contributed by atoms with Crippen LogP contribution in [0.2, 0.25) is 5.02 Å². The second-order valence-electron chi connectivity index (χ2n) is 4.51. The summed E-state index contributed by atoms with van der Waals surface area (Å²) >= 11 is 6.23. The van der Waals surface area contributed by atoms with Crippen molar-refractivity contribution < 1.29 is 4.42 Å². The van der Waals surface area contributed by atoms with Crippen LogP contribution in [-0.4, -0.2) is 0 Å². The number of aryl methyl sites for hydroxylation is 2. The summed E-state index contributed by atoms with van der Waals surface area (Å²) in [6.45, 7) is 3.93. The van der Waals surface area contributed by atoms with Gasteiger partial charge in [0.2, 0.25) is 0 Å². The van der Waals surface area contributed by atoms with Crippen LogP contribution in [0, 0.1) is 13.8 Å². The molecule has 0 aliphatic carbocycles. The molecule has 0 aliphatic heterocycles. The first kappa shape index (κ1) is 13.1. The Hall–Kier alpha value is -1.29. The van der Waals surface area contributed by atoms with E-state index in [0.717, 1.165) is 33.9 Å². The van der Waals surface area contributed by atoms with Gasteiger partial charge in [-0.25, -0.2) is 0 Å². The molecule has 1 unspecified atom stereocenters. The Labute approximate surface area is 112 Å². The highest BCUT2D eigenvalue weighted by Crippen LogP contribution is 2.25. The van der Waals surface area contributed by atoms with E-state index in [2.05, 4.69) is 11.5 Å². The zero-order valence-corrected chi connectivity index (χ0v) is 11.3. The van der Waals surface area contributed by atoms with Gasteiger partial charge in [-0.1, -0.05) is 23.7 Å². The van der Waals surface area contributed by atoms with E-state index in [1.54, 1.807) is 6.26 Å². The van der Waals surface area contributed by atoms with Crippen molar-refractivity contribution >= 4 is 11.6 Å². The van der Waals surface area contributed by atoms with Gasteiger partial charge in [-0.3, -0.25) is 11.3 Å². The molecule has 1 aromatic heterocycles. The molecule has 0 bridgehead atoms. The Kier molecular flexibility index (Phi) is 4.07. The Bertz CT molecular complexity index is 536. The van der Waals surface area contributed by atoms with E-state index in [9.17, 15) is 0 Å². The lowest BCUT2D eigenvalue weighted by Crippen LogP contribution is -2.29. The van der Waals surface area contributed by atoms with E-state index in [1.807, 2.05) is 32.0 Å². The molecule has 0 aliphatic rings. The van der Waals surface area contributed by atoms with Crippen molar-refractivity contribution in [2.75, 3.05) is 0 Å². The normalized spacial score (nSPS) is 12.7. The summed E-state index contributed by atoms with van der Waals surface area (Å²) in [6.07, 6.45) is 2.45. The standard InChI is InChI=1S/C14H17ClN2O/c1-9-3-4-11(13(15)5-9)7-14(17-16)12-6-10(2)18-8-12/h3-6,8,14,17H,7,16H2,1-2H3. The maximum absolute atomic E-state index is 6.23. The third kappa shape index (κ3) is 2.93. The minimum Gasteiger partial charge on any atom is -0.469 e. The van der Waals surface area contributed by atoms with E-state index in [-0.39, 0.29) is 6.04 Å². The quantitative estimate of drug-likeness (QED) is 0.658.